The van der Waals surface area contributed by atoms with Gasteiger partial charge in [0.05, 0.1) is 5.75 Å². The number of nitrogens with one attached hydrogen (secondary N) is 1. The number of aryl methyl sites for hydroxylation is 1. The van der Waals surface area contributed by atoms with Gasteiger partial charge < -0.3 is 15.0 Å². The molecular weight excluding hydrogens is 360 g/mol. The standard InChI is InChI=1S/C21H24N2O3S/c1-16-7-2-3-10-19(16)27-15-20(24)22-17-8-6-9-18(13-17)26-14-21(25)23-11-4-5-12-23/h2-3,6-10,13H,4-5,11-12,14-15H2,1H3,(H,22,24). The fraction of sp³-hybridized carbons (Fsp3) is 0.333. The van der Waals surface area contributed by atoms with E-state index in [9.17, 15) is 9.59 Å². The normalized spacial score (nSPS) is 13.4. The highest BCUT2D eigenvalue weighted by molar-refractivity contribution is 8.00. The van der Waals surface area contributed by atoms with Crippen molar-refractivity contribution in [2.24, 2.45) is 0 Å². The Morgan fingerprint density at radius 2 is 1.89 bits per heavy atom. The van der Waals surface area contributed by atoms with Gasteiger partial charge in [-0.05, 0) is 43.5 Å². The number of amides is 2. The predicted molar refractivity (Wildman–Crippen MR) is 108 cm³/mol. The lowest BCUT2D eigenvalue weighted by molar-refractivity contribution is -0.132. The summed E-state index contributed by atoms with van der Waals surface area (Å²) in [5, 5.41) is 2.88. The summed E-state index contributed by atoms with van der Waals surface area (Å²) in [5.41, 5.74) is 1.82. The molecule has 1 fully saturated rings. The van der Waals surface area contributed by atoms with Crippen molar-refractivity contribution in [1.29, 1.82) is 0 Å². The van der Waals surface area contributed by atoms with Crippen LogP contribution in [0.1, 0.15) is 18.4 Å². The monoisotopic (exact) mass is 384 g/mol. The number of nitrogens with zero attached hydrogens (tertiary/aromatic N) is 1. The topological polar surface area (TPSA) is 58.6 Å². The van der Waals surface area contributed by atoms with Gasteiger partial charge in [0, 0.05) is 29.7 Å². The summed E-state index contributed by atoms with van der Waals surface area (Å²) >= 11 is 1.51. The van der Waals surface area contributed by atoms with E-state index in [0.29, 0.717) is 17.2 Å². The highest BCUT2D eigenvalue weighted by Crippen LogP contribution is 2.23. The molecule has 0 bridgehead atoms. The van der Waals surface area contributed by atoms with Crippen molar-refractivity contribution in [2.45, 2.75) is 24.7 Å². The second-order valence-electron chi connectivity index (χ2n) is 6.51. The van der Waals surface area contributed by atoms with E-state index in [2.05, 4.69) is 5.32 Å². The third-order valence-electron chi connectivity index (χ3n) is 4.39. The fourth-order valence-electron chi connectivity index (χ4n) is 2.93. The maximum Gasteiger partial charge on any atom is 0.260 e. The zero-order valence-corrected chi connectivity index (χ0v) is 16.3. The number of carbonyl (C=O) groups excluding carboxylic acids is 2. The van der Waals surface area contributed by atoms with E-state index in [-0.39, 0.29) is 18.4 Å². The summed E-state index contributed by atoms with van der Waals surface area (Å²) in [4.78, 5) is 27.2. The molecule has 1 aliphatic heterocycles. The smallest absolute Gasteiger partial charge is 0.260 e. The summed E-state index contributed by atoms with van der Waals surface area (Å²) in [6.07, 6.45) is 2.13. The summed E-state index contributed by atoms with van der Waals surface area (Å²) in [7, 11) is 0. The molecule has 3 rings (SSSR count). The molecule has 0 radical (unpaired) electrons. The summed E-state index contributed by atoms with van der Waals surface area (Å²) in [6.45, 7) is 3.69. The first-order valence-corrected chi connectivity index (χ1v) is 10.1. The molecule has 1 saturated heterocycles. The average Bonchev–Trinajstić information content (AvgIpc) is 3.21. The second-order valence-corrected chi connectivity index (χ2v) is 7.52. The number of carbonyl (C=O) groups is 2. The minimum absolute atomic E-state index is 0.0107. The molecule has 1 aliphatic rings. The Balaban J connectivity index is 1.48. The van der Waals surface area contributed by atoms with E-state index in [1.807, 2.05) is 42.2 Å². The first kappa shape index (κ1) is 19.3. The Bertz CT molecular complexity index is 804. The molecule has 142 valence electrons. The summed E-state index contributed by atoms with van der Waals surface area (Å²) < 4.78 is 5.60. The lowest BCUT2D eigenvalue weighted by Gasteiger charge is -2.15. The molecule has 0 aromatic heterocycles. The van der Waals surface area contributed by atoms with Gasteiger partial charge in [-0.1, -0.05) is 24.3 Å². The van der Waals surface area contributed by atoms with E-state index in [0.717, 1.165) is 36.4 Å². The number of anilines is 1. The van der Waals surface area contributed by atoms with Gasteiger partial charge in [-0.15, -0.1) is 11.8 Å². The van der Waals surface area contributed by atoms with Gasteiger partial charge in [-0.25, -0.2) is 0 Å². The molecular formula is C21H24N2O3S. The number of likely N-dealkylation sites (tertiary alicyclic amines) is 1. The van der Waals surface area contributed by atoms with Gasteiger partial charge in [0.25, 0.3) is 5.91 Å². The quantitative estimate of drug-likeness (QED) is 0.739. The Hall–Kier alpha value is -2.47. The van der Waals surface area contributed by atoms with Crippen LogP contribution in [0.2, 0.25) is 0 Å². The highest BCUT2D eigenvalue weighted by Gasteiger charge is 2.18. The van der Waals surface area contributed by atoms with Crippen molar-refractivity contribution < 1.29 is 14.3 Å². The van der Waals surface area contributed by atoms with Gasteiger partial charge >= 0.3 is 0 Å². The molecule has 1 heterocycles. The molecule has 2 aromatic carbocycles. The Morgan fingerprint density at radius 1 is 1.11 bits per heavy atom. The van der Waals surface area contributed by atoms with Crippen molar-refractivity contribution in [3.63, 3.8) is 0 Å². The number of ether oxygens (including phenoxy) is 1. The van der Waals surface area contributed by atoms with Crippen molar-refractivity contribution >= 4 is 29.3 Å². The first-order chi connectivity index (χ1) is 13.1. The van der Waals surface area contributed by atoms with E-state index in [1.54, 1.807) is 18.2 Å². The Morgan fingerprint density at radius 3 is 2.67 bits per heavy atom. The molecule has 0 spiro atoms. The van der Waals surface area contributed by atoms with Gasteiger partial charge in [-0.2, -0.15) is 0 Å². The molecule has 0 unspecified atom stereocenters. The molecule has 2 aromatic rings. The Labute approximate surface area is 164 Å². The van der Waals surface area contributed by atoms with Crippen molar-refractivity contribution in [3.8, 4) is 5.75 Å². The summed E-state index contributed by atoms with van der Waals surface area (Å²) in [6, 6.07) is 15.1. The second kappa shape index (κ2) is 9.46. The average molecular weight is 385 g/mol. The fourth-order valence-corrected chi connectivity index (χ4v) is 3.75. The lowest BCUT2D eigenvalue weighted by atomic mass is 10.2. The maximum absolute atomic E-state index is 12.2. The minimum atomic E-state index is -0.0754. The van der Waals surface area contributed by atoms with Crippen LogP contribution in [0.5, 0.6) is 5.75 Å². The van der Waals surface area contributed by atoms with Gasteiger partial charge in [0.15, 0.2) is 6.61 Å². The van der Waals surface area contributed by atoms with Crippen molar-refractivity contribution in [2.75, 3.05) is 30.8 Å². The van der Waals surface area contributed by atoms with Crippen LogP contribution in [0, 0.1) is 6.92 Å². The largest absolute Gasteiger partial charge is 0.484 e. The molecule has 2 amide bonds. The van der Waals surface area contributed by atoms with Crippen LogP contribution in [0.25, 0.3) is 0 Å². The molecule has 1 N–H and O–H groups in total. The molecule has 0 atom stereocenters. The van der Waals surface area contributed by atoms with E-state index < -0.39 is 0 Å². The zero-order chi connectivity index (χ0) is 19.1. The number of hydrogen-bond acceptors (Lipinski definition) is 4. The highest BCUT2D eigenvalue weighted by atomic mass is 32.2. The third kappa shape index (κ3) is 5.76. The molecule has 6 heteroatoms. The first-order valence-electron chi connectivity index (χ1n) is 9.11. The van der Waals surface area contributed by atoms with Crippen molar-refractivity contribution in [3.05, 3.63) is 54.1 Å². The number of rotatable bonds is 7. The van der Waals surface area contributed by atoms with Crippen molar-refractivity contribution in [1.82, 2.24) is 4.90 Å². The van der Waals surface area contributed by atoms with E-state index in [1.165, 1.54) is 11.8 Å². The zero-order valence-electron chi connectivity index (χ0n) is 15.4. The van der Waals surface area contributed by atoms with Crippen LogP contribution in [0.15, 0.2) is 53.4 Å². The van der Waals surface area contributed by atoms with Gasteiger partial charge in [0.2, 0.25) is 5.91 Å². The minimum Gasteiger partial charge on any atom is -0.484 e. The lowest BCUT2D eigenvalue weighted by Crippen LogP contribution is -2.32. The Kier molecular flexibility index (Phi) is 6.76. The van der Waals surface area contributed by atoms with Gasteiger partial charge in [-0.3, -0.25) is 9.59 Å². The van der Waals surface area contributed by atoms with Crippen LogP contribution in [0.3, 0.4) is 0 Å². The van der Waals surface area contributed by atoms with Crippen LogP contribution in [0.4, 0.5) is 5.69 Å². The molecule has 5 nitrogen and oxygen atoms in total. The molecule has 0 aliphatic carbocycles. The van der Waals surface area contributed by atoms with Crippen LogP contribution >= 0.6 is 11.8 Å². The molecule has 0 saturated carbocycles. The SMILES string of the molecule is Cc1ccccc1SCC(=O)Nc1cccc(OCC(=O)N2CCCC2)c1. The van der Waals surface area contributed by atoms with Crippen LogP contribution in [-0.4, -0.2) is 42.2 Å². The molecule has 27 heavy (non-hydrogen) atoms. The number of thioether (sulfide) groups is 1. The van der Waals surface area contributed by atoms with Gasteiger partial charge in [0.1, 0.15) is 5.75 Å². The maximum atomic E-state index is 12.2. The van der Waals surface area contributed by atoms with Crippen LogP contribution in [-0.2, 0) is 9.59 Å². The number of benzene rings is 2. The third-order valence-corrected chi connectivity index (χ3v) is 5.57. The van der Waals surface area contributed by atoms with E-state index in [4.69, 9.17) is 4.74 Å². The van der Waals surface area contributed by atoms with Crippen LogP contribution < -0.4 is 10.1 Å². The summed E-state index contributed by atoms with van der Waals surface area (Å²) in [5.74, 6) is 0.848. The number of hydrogen-bond donors (Lipinski definition) is 1. The van der Waals surface area contributed by atoms with E-state index >= 15 is 0 Å². The predicted octanol–water partition coefficient (Wildman–Crippen LogP) is 3.73.